The standard InChI is InChI=1S/C21H17N5O2S/c1-25-20-18(13-23-25)21(28)26(14-22-20)10-9-19(27)24-16-5-2-4-15(12-16)7-8-17-6-3-11-29-17/h2-6,11-14H,9-10H2,1H3,(H,24,27). The highest BCUT2D eigenvalue weighted by atomic mass is 32.1. The number of carbonyl (C=O) groups is 1. The minimum Gasteiger partial charge on any atom is -0.326 e. The maximum atomic E-state index is 12.5. The Hall–Kier alpha value is -3.70. The van der Waals surface area contributed by atoms with Crippen LogP contribution in [-0.4, -0.2) is 25.2 Å². The number of benzene rings is 1. The monoisotopic (exact) mass is 403 g/mol. The molecule has 8 heteroatoms. The van der Waals surface area contributed by atoms with Gasteiger partial charge < -0.3 is 5.32 Å². The summed E-state index contributed by atoms with van der Waals surface area (Å²) in [6, 6.07) is 11.3. The van der Waals surface area contributed by atoms with E-state index in [2.05, 4.69) is 27.2 Å². The van der Waals surface area contributed by atoms with Crippen molar-refractivity contribution in [3.05, 3.63) is 75.1 Å². The van der Waals surface area contributed by atoms with Crippen LogP contribution >= 0.6 is 11.3 Å². The third-order valence-electron chi connectivity index (χ3n) is 4.30. The van der Waals surface area contributed by atoms with E-state index < -0.39 is 0 Å². The SMILES string of the molecule is Cn1ncc2c(=O)n(CCC(=O)Nc3cccc(C#Cc4cccs4)c3)cnc21. The van der Waals surface area contributed by atoms with Gasteiger partial charge in [-0.15, -0.1) is 11.3 Å². The van der Waals surface area contributed by atoms with Crippen molar-refractivity contribution in [2.24, 2.45) is 7.05 Å². The van der Waals surface area contributed by atoms with Crippen LogP contribution in [0.15, 0.2) is 59.1 Å². The van der Waals surface area contributed by atoms with Crippen LogP contribution in [-0.2, 0) is 18.4 Å². The molecule has 4 aromatic rings. The van der Waals surface area contributed by atoms with Crippen molar-refractivity contribution in [2.75, 3.05) is 5.32 Å². The molecule has 0 spiro atoms. The third-order valence-corrected chi connectivity index (χ3v) is 5.08. The first-order valence-electron chi connectivity index (χ1n) is 8.93. The van der Waals surface area contributed by atoms with E-state index in [4.69, 9.17) is 0 Å². The van der Waals surface area contributed by atoms with Crippen LogP contribution < -0.4 is 10.9 Å². The zero-order chi connectivity index (χ0) is 20.2. The fraction of sp³-hybridized carbons (Fsp3) is 0.143. The maximum absolute atomic E-state index is 12.5. The molecule has 0 bridgehead atoms. The van der Waals surface area contributed by atoms with E-state index in [1.807, 2.05) is 41.8 Å². The lowest BCUT2D eigenvalue weighted by Gasteiger charge is -2.07. The zero-order valence-corrected chi connectivity index (χ0v) is 16.4. The molecule has 1 aromatic carbocycles. The molecule has 0 saturated carbocycles. The smallest absolute Gasteiger partial charge is 0.264 e. The fourth-order valence-corrected chi connectivity index (χ4v) is 3.40. The predicted molar refractivity (Wildman–Crippen MR) is 113 cm³/mol. The van der Waals surface area contributed by atoms with Gasteiger partial charge in [0.1, 0.15) is 5.39 Å². The highest BCUT2D eigenvalue weighted by Crippen LogP contribution is 2.12. The molecule has 1 amide bonds. The van der Waals surface area contributed by atoms with Gasteiger partial charge in [0.25, 0.3) is 5.56 Å². The topological polar surface area (TPSA) is 81.8 Å². The minimum atomic E-state index is -0.207. The highest BCUT2D eigenvalue weighted by Gasteiger charge is 2.09. The number of anilines is 1. The largest absolute Gasteiger partial charge is 0.326 e. The number of amides is 1. The summed E-state index contributed by atoms with van der Waals surface area (Å²) in [7, 11) is 1.73. The number of nitrogens with one attached hydrogen (secondary N) is 1. The Morgan fingerprint density at radius 2 is 2.14 bits per heavy atom. The van der Waals surface area contributed by atoms with E-state index in [1.165, 1.54) is 17.1 Å². The van der Waals surface area contributed by atoms with E-state index in [0.717, 1.165) is 10.4 Å². The molecule has 0 aliphatic rings. The van der Waals surface area contributed by atoms with Crippen molar-refractivity contribution in [2.45, 2.75) is 13.0 Å². The van der Waals surface area contributed by atoms with Crippen LogP contribution in [0.3, 0.4) is 0 Å². The fourth-order valence-electron chi connectivity index (χ4n) is 2.83. The summed E-state index contributed by atoms with van der Waals surface area (Å²) in [6.07, 6.45) is 3.09. The Morgan fingerprint density at radius 1 is 1.24 bits per heavy atom. The van der Waals surface area contributed by atoms with Gasteiger partial charge in [0.05, 0.1) is 17.4 Å². The summed E-state index contributed by atoms with van der Waals surface area (Å²) in [6.45, 7) is 0.236. The summed E-state index contributed by atoms with van der Waals surface area (Å²) in [5.41, 5.74) is 1.80. The molecule has 0 atom stereocenters. The summed E-state index contributed by atoms with van der Waals surface area (Å²) >= 11 is 1.58. The molecule has 0 unspecified atom stereocenters. The van der Waals surface area contributed by atoms with E-state index in [-0.39, 0.29) is 24.4 Å². The van der Waals surface area contributed by atoms with Crippen LogP contribution in [0.5, 0.6) is 0 Å². The first-order chi connectivity index (χ1) is 14.1. The molecule has 7 nitrogen and oxygen atoms in total. The highest BCUT2D eigenvalue weighted by molar-refractivity contribution is 7.10. The Balaban J connectivity index is 1.41. The van der Waals surface area contributed by atoms with Crippen molar-refractivity contribution in [3.8, 4) is 11.8 Å². The van der Waals surface area contributed by atoms with Crippen molar-refractivity contribution in [1.29, 1.82) is 0 Å². The molecule has 144 valence electrons. The zero-order valence-electron chi connectivity index (χ0n) is 15.6. The van der Waals surface area contributed by atoms with Gasteiger partial charge in [-0.05, 0) is 29.6 Å². The second-order valence-corrected chi connectivity index (χ2v) is 7.30. The third kappa shape index (κ3) is 4.25. The molecule has 1 N–H and O–H groups in total. The maximum Gasteiger partial charge on any atom is 0.264 e. The number of aryl methyl sites for hydroxylation is 2. The number of rotatable bonds is 4. The quantitative estimate of drug-likeness (QED) is 0.531. The molecule has 0 fully saturated rings. The first kappa shape index (κ1) is 18.7. The molecule has 0 saturated heterocycles. The molecule has 0 aliphatic carbocycles. The number of nitrogens with zero attached hydrogens (tertiary/aromatic N) is 4. The van der Waals surface area contributed by atoms with Crippen LogP contribution in [0.25, 0.3) is 11.0 Å². The average molecular weight is 403 g/mol. The number of thiophene rings is 1. The van der Waals surface area contributed by atoms with E-state index in [9.17, 15) is 9.59 Å². The number of hydrogen-bond acceptors (Lipinski definition) is 5. The molecular weight excluding hydrogens is 386 g/mol. The molecule has 0 radical (unpaired) electrons. The Kier molecular flexibility index (Phi) is 5.22. The summed E-state index contributed by atoms with van der Waals surface area (Å²) in [4.78, 5) is 30.0. The van der Waals surface area contributed by atoms with Crippen LogP contribution in [0.2, 0.25) is 0 Å². The Bertz CT molecular complexity index is 1290. The van der Waals surface area contributed by atoms with Crippen molar-refractivity contribution in [3.63, 3.8) is 0 Å². The predicted octanol–water partition coefficient (Wildman–Crippen LogP) is 2.62. The Labute approximate surface area is 170 Å². The normalized spacial score (nSPS) is 10.5. The van der Waals surface area contributed by atoms with Gasteiger partial charge in [0, 0.05) is 31.3 Å². The molecule has 0 aliphatic heterocycles. The number of hydrogen-bond donors (Lipinski definition) is 1. The summed E-state index contributed by atoms with van der Waals surface area (Å²) in [5.74, 6) is 6.00. The van der Waals surface area contributed by atoms with Crippen LogP contribution in [0.4, 0.5) is 5.69 Å². The van der Waals surface area contributed by atoms with Gasteiger partial charge >= 0.3 is 0 Å². The lowest BCUT2D eigenvalue weighted by atomic mass is 10.2. The van der Waals surface area contributed by atoms with E-state index in [0.29, 0.717) is 16.7 Å². The summed E-state index contributed by atoms with van der Waals surface area (Å²) < 4.78 is 2.97. The van der Waals surface area contributed by atoms with Gasteiger partial charge in [0.2, 0.25) is 5.91 Å². The van der Waals surface area contributed by atoms with Crippen molar-refractivity contribution in [1.82, 2.24) is 19.3 Å². The molecule has 3 heterocycles. The molecule has 3 aromatic heterocycles. The van der Waals surface area contributed by atoms with Crippen LogP contribution in [0.1, 0.15) is 16.9 Å². The Morgan fingerprint density at radius 3 is 2.97 bits per heavy atom. The number of carbonyl (C=O) groups excluding carboxylic acids is 1. The van der Waals surface area contributed by atoms with E-state index in [1.54, 1.807) is 23.1 Å². The van der Waals surface area contributed by atoms with Crippen molar-refractivity contribution < 1.29 is 4.79 Å². The van der Waals surface area contributed by atoms with Gasteiger partial charge in [-0.2, -0.15) is 5.10 Å². The first-order valence-corrected chi connectivity index (χ1v) is 9.81. The second kappa shape index (κ2) is 8.12. The molecule has 4 rings (SSSR count). The van der Waals surface area contributed by atoms with Gasteiger partial charge in [-0.3, -0.25) is 18.8 Å². The van der Waals surface area contributed by atoms with Gasteiger partial charge in [0.15, 0.2) is 5.65 Å². The minimum absolute atomic E-state index is 0.151. The number of fused-ring (bicyclic) bond motifs is 1. The van der Waals surface area contributed by atoms with Crippen molar-refractivity contribution >= 4 is 34.0 Å². The van der Waals surface area contributed by atoms with Gasteiger partial charge in [-0.1, -0.05) is 24.0 Å². The lowest BCUT2D eigenvalue weighted by molar-refractivity contribution is -0.116. The van der Waals surface area contributed by atoms with Crippen LogP contribution in [0, 0.1) is 11.8 Å². The lowest BCUT2D eigenvalue weighted by Crippen LogP contribution is -2.23. The molecular formula is C21H17N5O2S. The molecule has 29 heavy (non-hydrogen) atoms. The second-order valence-electron chi connectivity index (χ2n) is 6.35. The number of aromatic nitrogens is 4. The van der Waals surface area contributed by atoms with E-state index >= 15 is 0 Å². The summed E-state index contributed by atoms with van der Waals surface area (Å²) in [5, 5.41) is 9.31. The van der Waals surface area contributed by atoms with Gasteiger partial charge in [-0.25, -0.2) is 4.98 Å². The average Bonchev–Trinajstić information content (AvgIpc) is 3.37.